The lowest BCUT2D eigenvalue weighted by Gasteiger charge is -2.32. The summed E-state index contributed by atoms with van der Waals surface area (Å²) in [7, 11) is 0. The molecule has 0 aliphatic carbocycles. The molecule has 0 amide bonds. The molecule has 2 rings (SSSR count). The van der Waals surface area contributed by atoms with E-state index in [1.807, 2.05) is 13.8 Å². The molecule has 0 aromatic carbocycles. The van der Waals surface area contributed by atoms with Crippen LogP contribution < -0.4 is 0 Å². The van der Waals surface area contributed by atoms with Crippen molar-refractivity contribution in [2.45, 2.75) is 45.6 Å². The fraction of sp³-hybridized carbons (Fsp3) is 0.938. The molecule has 2 aliphatic heterocycles. The fourth-order valence-corrected chi connectivity index (χ4v) is 3.21. The zero-order valence-electron chi connectivity index (χ0n) is 13.1. The number of ether oxygens (including phenoxy) is 1. The molecule has 0 saturated carbocycles. The average molecular weight is 279 g/mol. The Balaban J connectivity index is 1.60. The van der Waals surface area contributed by atoms with Crippen LogP contribution in [0.2, 0.25) is 0 Å². The number of hydrogen-bond acceptors (Lipinski definition) is 4. The van der Waals surface area contributed by atoms with Crippen molar-refractivity contribution in [2.75, 3.05) is 45.9 Å². The van der Waals surface area contributed by atoms with Gasteiger partial charge < -0.3 is 9.64 Å². The number of nitriles is 1. The predicted octanol–water partition coefficient (Wildman–Crippen LogP) is 2.11. The van der Waals surface area contributed by atoms with Crippen molar-refractivity contribution in [2.24, 2.45) is 5.41 Å². The summed E-state index contributed by atoms with van der Waals surface area (Å²) >= 11 is 0. The first kappa shape index (κ1) is 15.8. The first-order chi connectivity index (χ1) is 9.61. The third-order valence-corrected chi connectivity index (χ3v) is 4.64. The topological polar surface area (TPSA) is 39.5 Å². The van der Waals surface area contributed by atoms with Gasteiger partial charge in [-0.25, -0.2) is 0 Å². The molecule has 2 fully saturated rings. The van der Waals surface area contributed by atoms with Crippen molar-refractivity contribution in [1.29, 1.82) is 5.26 Å². The van der Waals surface area contributed by atoms with E-state index in [1.165, 1.54) is 38.9 Å². The molecule has 0 spiro atoms. The highest BCUT2D eigenvalue weighted by atomic mass is 16.5. The van der Waals surface area contributed by atoms with Gasteiger partial charge in [0.2, 0.25) is 0 Å². The van der Waals surface area contributed by atoms with Gasteiger partial charge in [0, 0.05) is 25.7 Å². The van der Waals surface area contributed by atoms with Crippen molar-refractivity contribution in [3.05, 3.63) is 0 Å². The van der Waals surface area contributed by atoms with E-state index < -0.39 is 0 Å². The van der Waals surface area contributed by atoms with Crippen molar-refractivity contribution < 1.29 is 4.74 Å². The van der Waals surface area contributed by atoms with Crippen LogP contribution in [0.15, 0.2) is 0 Å². The molecule has 2 saturated heterocycles. The van der Waals surface area contributed by atoms with Gasteiger partial charge in [-0.05, 0) is 46.2 Å². The molecular formula is C16H29N3O. The van der Waals surface area contributed by atoms with Crippen LogP contribution in [-0.2, 0) is 4.74 Å². The molecule has 0 N–H and O–H groups in total. The quantitative estimate of drug-likeness (QED) is 0.698. The number of hydrogen-bond donors (Lipinski definition) is 0. The maximum absolute atomic E-state index is 9.01. The number of nitrogens with zero attached hydrogens (tertiary/aromatic N) is 3. The molecular weight excluding hydrogens is 250 g/mol. The Bertz CT molecular complexity index is 331. The minimum absolute atomic E-state index is 0.151. The molecule has 0 aromatic rings. The third kappa shape index (κ3) is 4.73. The Morgan fingerprint density at radius 3 is 2.65 bits per heavy atom. The zero-order chi connectivity index (χ0) is 14.4. The average Bonchev–Trinajstić information content (AvgIpc) is 2.93. The monoisotopic (exact) mass is 279 g/mol. The van der Waals surface area contributed by atoms with Gasteiger partial charge in [0.15, 0.2) is 0 Å². The molecule has 4 heteroatoms. The van der Waals surface area contributed by atoms with Crippen molar-refractivity contribution in [1.82, 2.24) is 9.80 Å². The predicted molar refractivity (Wildman–Crippen MR) is 80.5 cm³/mol. The second-order valence-corrected chi connectivity index (χ2v) is 6.84. The molecule has 1 atom stereocenters. The van der Waals surface area contributed by atoms with Gasteiger partial charge in [-0.15, -0.1) is 0 Å². The normalized spacial score (nSPS) is 25.8. The molecule has 2 heterocycles. The molecule has 0 radical (unpaired) electrons. The molecule has 20 heavy (non-hydrogen) atoms. The first-order valence-electron chi connectivity index (χ1n) is 8.06. The summed E-state index contributed by atoms with van der Waals surface area (Å²) in [6, 6.07) is 3.13. The van der Waals surface area contributed by atoms with E-state index in [0.717, 1.165) is 38.8 Å². The Labute approximate surface area is 123 Å². The summed E-state index contributed by atoms with van der Waals surface area (Å²) in [6.07, 6.45) is 4.72. The molecule has 4 nitrogen and oxygen atoms in total. The maximum atomic E-state index is 9.01. The van der Waals surface area contributed by atoms with E-state index >= 15 is 0 Å². The second-order valence-electron chi connectivity index (χ2n) is 6.84. The van der Waals surface area contributed by atoms with Crippen molar-refractivity contribution in [3.63, 3.8) is 0 Å². The van der Waals surface area contributed by atoms with Gasteiger partial charge in [-0.1, -0.05) is 6.42 Å². The highest BCUT2D eigenvalue weighted by Crippen LogP contribution is 2.22. The van der Waals surface area contributed by atoms with Crippen molar-refractivity contribution in [3.8, 4) is 6.07 Å². The lowest BCUT2D eigenvalue weighted by Crippen LogP contribution is -2.44. The largest absolute Gasteiger partial charge is 0.379 e. The van der Waals surface area contributed by atoms with E-state index in [4.69, 9.17) is 10.00 Å². The van der Waals surface area contributed by atoms with Crippen LogP contribution >= 0.6 is 0 Å². The van der Waals surface area contributed by atoms with Crippen LogP contribution in [0.3, 0.4) is 0 Å². The van der Waals surface area contributed by atoms with Crippen LogP contribution in [0.25, 0.3) is 0 Å². The summed E-state index contributed by atoms with van der Waals surface area (Å²) in [6.45, 7) is 11.8. The molecule has 1 unspecified atom stereocenters. The van der Waals surface area contributed by atoms with Gasteiger partial charge >= 0.3 is 0 Å². The lowest BCUT2D eigenvalue weighted by molar-refractivity contribution is 0.0185. The van der Waals surface area contributed by atoms with Gasteiger partial charge in [0.1, 0.15) is 0 Å². The van der Waals surface area contributed by atoms with Gasteiger partial charge in [-0.2, -0.15) is 5.26 Å². The standard InChI is InChI=1S/C16H29N3O/c1-16(2,14-17)6-3-4-7-18-8-5-15(13-18)19-9-11-20-12-10-19/h15H,3-13H2,1-2H3. The Morgan fingerprint density at radius 2 is 1.95 bits per heavy atom. The lowest BCUT2D eigenvalue weighted by atomic mass is 9.89. The number of unbranched alkanes of at least 4 members (excludes halogenated alkanes) is 1. The van der Waals surface area contributed by atoms with E-state index in [-0.39, 0.29) is 5.41 Å². The summed E-state index contributed by atoms with van der Waals surface area (Å²) in [4.78, 5) is 5.20. The highest BCUT2D eigenvalue weighted by molar-refractivity contribution is 4.91. The molecule has 114 valence electrons. The van der Waals surface area contributed by atoms with Crippen LogP contribution in [-0.4, -0.2) is 61.8 Å². The summed E-state index contributed by atoms with van der Waals surface area (Å²) < 4.78 is 5.43. The summed E-state index contributed by atoms with van der Waals surface area (Å²) in [5, 5.41) is 9.01. The van der Waals surface area contributed by atoms with Crippen molar-refractivity contribution >= 4 is 0 Å². The number of likely N-dealkylation sites (tertiary alicyclic amines) is 1. The van der Waals surface area contributed by atoms with Gasteiger partial charge in [0.05, 0.1) is 24.7 Å². The Hall–Kier alpha value is -0.630. The first-order valence-corrected chi connectivity index (χ1v) is 8.06. The smallest absolute Gasteiger partial charge is 0.0683 e. The number of rotatable bonds is 6. The minimum Gasteiger partial charge on any atom is -0.379 e. The van der Waals surface area contributed by atoms with Gasteiger partial charge in [-0.3, -0.25) is 4.90 Å². The van der Waals surface area contributed by atoms with Crippen LogP contribution in [0.1, 0.15) is 39.5 Å². The number of morpholine rings is 1. The molecule has 0 aromatic heterocycles. The summed E-state index contributed by atoms with van der Waals surface area (Å²) in [5.41, 5.74) is -0.151. The summed E-state index contributed by atoms with van der Waals surface area (Å²) in [5.74, 6) is 0. The van der Waals surface area contributed by atoms with E-state index in [1.54, 1.807) is 0 Å². The Kier molecular flexibility index (Phi) is 5.83. The van der Waals surface area contributed by atoms with Crippen LogP contribution in [0, 0.1) is 16.7 Å². The maximum Gasteiger partial charge on any atom is 0.0683 e. The molecule has 0 bridgehead atoms. The van der Waals surface area contributed by atoms with E-state index in [9.17, 15) is 0 Å². The third-order valence-electron chi connectivity index (χ3n) is 4.64. The Morgan fingerprint density at radius 1 is 1.20 bits per heavy atom. The second kappa shape index (κ2) is 7.40. The SMILES string of the molecule is CC(C)(C#N)CCCCN1CCC(N2CCOCC2)C1. The van der Waals surface area contributed by atoms with Crippen LogP contribution in [0.4, 0.5) is 0 Å². The van der Waals surface area contributed by atoms with Gasteiger partial charge in [0.25, 0.3) is 0 Å². The van der Waals surface area contributed by atoms with E-state index in [0.29, 0.717) is 0 Å². The highest BCUT2D eigenvalue weighted by Gasteiger charge is 2.28. The minimum atomic E-state index is -0.151. The molecule has 2 aliphatic rings. The van der Waals surface area contributed by atoms with E-state index in [2.05, 4.69) is 15.9 Å². The zero-order valence-corrected chi connectivity index (χ0v) is 13.1. The fourth-order valence-electron chi connectivity index (χ4n) is 3.21. The van der Waals surface area contributed by atoms with Crippen LogP contribution in [0.5, 0.6) is 0 Å².